The summed E-state index contributed by atoms with van der Waals surface area (Å²) in [6.07, 6.45) is 0.825. The first-order valence-corrected chi connectivity index (χ1v) is 6.74. The van der Waals surface area contributed by atoms with Crippen LogP contribution in [0.2, 0.25) is 10.0 Å². The Balaban J connectivity index is 2.56. The van der Waals surface area contributed by atoms with Crippen molar-refractivity contribution in [3.05, 3.63) is 32.3 Å². The highest BCUT2D eigenvalue weighted by Gasteiger charge is 2.14. The highest BCUT2D eigenvalue weighted by molar-refractivity contribution is 6.39. The summed E-state index contributed by atoms with van der Waals surface area (Å²) in [5, 5.41) is 13.9. The molecule has 0 atom stereocenters. The third-order valence-corrected chi connectivity index (χ3v) is 3.00. The molecule has 0 heterocycles. The number of esters is 1. The lowest BCUT2D eigenvalue weighted by Gasteiger charge is -2.10. The number of nitro groups is 1. The Kier molecular flexibility index (Phi) is 6.54. The smallest absolute Gasteiger partial charge is 0.305 e. The van der Waals surface area contributed by atoms with Crippen molar-refractivity contribution in [1.82, 2.24) is 0 Å². The zero-order chi connectivity index (χ0) is 15.1. The normalized spacial score (nSPS) is 10.2. The van der Waals surface area contributed by atoms with Gasteiger partial charge >= 0.3 is 5.97 Å². The molecule has 8 heteroatoms. The van der Waals surface area contributed by atoms with Crippen LogP contribution in [0.15, 0.2) is 12.1 Å². The van der Waals surface area contributed by atoms with Gasteiger partial charge in [-0.2, -0.15) is 0 Å². The van der Waals surface area contributed by atoms with Crippen molar-refractivity contribution in [2.75, 3.05) is 18.5 Å². The van der Waals surface area contributed by atoms with Gasteiger partial charge in [0, 0.05) is 25.1 Å². The van der Waals surface area contributed by atoms with Gasteiger partial charge in [0.25, 0.3) is 5.69 Å². The molecule has 0 aliphatic carbocycles. The maximum absolute atomic E-state index is 11.1. The van der Waals surface area contributed by atoms with Gasteiger partial charge in [0.2, 0.25) is 0 Å². The summed E-state index contributed by atoms with van der Waals surface area (Å²) < 4.78 is 4.79. The van der Waals surface area contributed by atoms with Gasteiger partial charge in [-0.25, -0.2) is 0 Å². The summed E-state index contributed by atoms with van der Waals surface area (Å²) in [5.74, 6) is -0.268. The molecule has 0 unspecified atom stereocenters. The van der Waals surface area contributed by atoms with E-state index in [0.717, 1.165) is 0 Å². The number of nitrogens with one attached hydrogen (secondary N) is 1. The molecule has 0 bridgehead atoms. The fraction of sp³-hybridized carbons (Fsp3) is 0.417. The van der Waals surface area contributed by atoms with Crippen molar-refractivity contribution in [3.63, 3.8) is 0 Å². The van der Waals surface area contributed by atoms with Gasteiger partial charge in [0.15, 0.2) is 0 Å². The van der Waals surface area contributed by atoms with Gasteiger partial charge in [0.1, 0.15) is 0 Å². The largest absolute Gasteiger partial charge is 0.466 e. The molecule has 0 saturated heterocycles. The van der Waals surface area contributed by atoms with E-state index in [1.807, 2.05) is 0 Å². The highest BCUT2D eigenvalue weighted by Crippen LogP contribution is 2.34. The van der Waals surface area contributed by atoms with Gasteiger partial charge < -0.3 is 10.1 Å². The number of rotatable bonds is 7. The average Bonchev–Trinajstić information content (AvgIpc) is 2.36. The van der Waals surface area contributed by atoms with Gasteiger partial charge in [-0.1, -0.05) is 23.2 Å². The lowest BCUT2D eigenvalue weighted by molar-refractivity contribution is -0.384. The highest BCUT2D eigenvalue weighted by atomic mass is 35.5. The van der Waals surface area contributed by atoms with E-state index in [4.69, 9.17) is 27.9 Å². The van der Waals surface area contributed by atoms with Crippen LogP contribution >= 0.6 is 23.2 Å². The molecule has 0 amide bonds. The number of anilines is 1. The monoisotopic (exact) mass is 320 g/mol. The summed E-state index contributed by atoms with van der Waals surface area (Å²) in [4.78, 5) is 21.2. The molecule has 0 aliphatic rings. The van der Waals surface area contributed by atoms with Crippen molar-refractivity contribution < 1.29 is 14.5 Å². The number of hydrogen-bond donors (Lipinski definition) is 1. The molecule has 1 aromatic carbocycles. The molecule has 20 heavy (non-hydrogen) atoms. The summed E-state index contributed by atoms with van der Waals surface area (Å²) in [6.45, 7) is 2.55. The van der Waals surface area contributed by atoms with Crippen LogP contribution in [0, 0.1) is 10.1 Å². The number of benzene rings is 1. The predicted molar refractivity (Wildman–Crippen MR) is 77.5 cm³/mol. The van der Waals surface area contributed by atoms with Crippen LogP contribution in [0.1, 0.15) is 19.8 Å². The molecule has 0 saturated carbocycles. The molecule has 0 aromatic heterocycles. The fourth-order valence-electron chi connectivity index (χ4n) is 1.51. The fourth-order valence-corrected chi connectivity index (χ4v) is 2.12. The van der Waals surface area contributed by atoms with Gasteiger partial charge in [0.05, 0.1) is 27.3 Å². The maximum Gasteiger partial charge on any atom is 0.305 e. The minimum atomic E-state index is -0.567. The van der Waals surface area contributed by atoms with E-state index in [0.29, 0.717) is 25.3 Å². The van der Waals surface area contributed by atoms with Crippen LogP contribution in [0.3, 0.4) is 0 Å². The zero-order valence-electron chi connectivity index (χ0n) is 10.8. The summed E-state index contributed by atoms with van der Waals surface area (Å²) in [5.41, 5.74) is 0.250. The predicted octanol–water partition coefficient (Wildman–Crippen LogP) is 3.66. The first-order valence-electron chi connectivity index (χ1n) is 5.98. The summed E-state index contributed by atoms with van der Waals surface area (Å²) in [7, 11) is 0. The standard InChI is InChI=1S/C12H14Cl2N2O4/c1-2-20-11(17)4-3-5-15-12-9(13)6-8(16(18)19)7-10(12)14/h6-7,15H,2-5H2,1H3. The third-order valence-electron chi connectivity index (χ3n) is 2.40. The minimum Gasteiger partial charge on any atom is -0.466 e. The Morgan fingerprint density at radius 3 is 2.50 bits per heavy atom. The maximum atomic E-state index is 11.1. The molecular weight excluding hydrogens is 307 g/mol. The average molecular weight is 321 g/mol. The number of ether oxygens (including phenoxy) is 1. The zero-order valence-corrected chi connectivity index (χ0v) is 12.3. The topological polar surface area (TPSA) is 81.5 Å². The Labute approximate surface area is 126 Å². The number of nitrogens with zero attached hydrogens (tertiary/aromatic N) is 1. The Morgan fingerprint density at radius 2 is 2.00 bits per heavy atom. The summed E-state index contributed by atoms with van der Waals surface area (Å²) in [6, 6.07) is 2.45. The number of carbonyl (C=O) groups is 1. The van der Waals surface area contributed by atoms with Crippen molar-refractivity contribution >= 4 is 40.5 Å². The van der Waals surface area contributed by atoms with E-state index >= 15 is 0 Å². The molecular formula is C12H14Cl2N2O4. The first-order chi connectivity index (χ1) is 9.45. The van der Waals surface area contributed by atoms with Crippen LogP contribution in [0.5, 0.6) is 0 Å². The van der Waals surface area contributed by atoms with E-state index in [1.54, 1.807) is 6.92 Å². The van der Waals surface area contributed by atoms with Crippen LogP contribution in [0.4, 0.5) is 11.4 Å². The van der Waals surface area contributed by atoms with E-state index in [1.165, 1.54) is 12.1 Å². The van der Waals surface area contributed by atoms with Gasteiger partial charge in [-0.05, 0) is 13.3 Å². The second kappa shape index (κ2) is 7.91. The quantitative estimate of drug-likeness (QED) is 0.359. The van der Waals surface area contributed by atoms with Crippen LogP contribution in [-0.4, -0.2) is 24.0 Å². The Morgan fingerprint density at radius 1 is 1.40 bits per heavy atom. The van der Waals surface area contributed by atoms with Crippen molar-refractivity contribution in [1.29, 1.82) is 0 Å². The number of carbonyl (C=O) groups excluding carboxylic acids is 1. The second-order valence-corrected chi connectivity index (χ2v) is 4.69. The Hall–Kier alpha value is -1.53. The number of halogens is 2. The molecule has 1 aromatic rings. The number of nitro benzene ring substituents is 1. The van der Waals surface area contributed by atoms with Crippen LogP contribution in [0.25, 0.3) is 0 Å². The third kappa shape index (κ3) is 4.86. The first kappa shape index (κ1) is 16.5. The van der Waals surface area contributed by atoms with E-state index in [-0.39, 0.29) is 28.1 Å². The molecule has 1 rings (SSSR count). The number of hydrogen-bond acceptors (Lipinski definition) is 5. The van der Waals surface area contributed by atoms with E-state index in [2.05, 4.69) is 5.32 Å². The lowest BCUT2D eigenvalue weighted by atomic mass is 10.2. The van der Waals surface area contributed by atoms with Gasteiger partial charge in [-0.15, -0.1) is 0 Å². The van der Waals surface area contributed by atoms with E-state index in [9.17, 15) is 14.9 Å². The SMILES string of the molecule is CCOC(=O)CCCNc1c(Cl)cc([N+](=O)[O-])cc1Cl. The van der Waals surface area contributed by atoms with E-state index < -0.39 is 4.92 Å². The molecule has 6 nitrogen and oxygen atoms in total. The summed E-state index contributed by atoms with van der Waals surface area (Å²) >= 11 is 11.9. The minimum absolute atomic E-state index is 0.167. The Bertz CT molecular complexity index is 485. The van der Waals surface area contributed by atoms with Crippen LogP contribution < -0.4 is 5.32 Å². The van der Waals surface area contributed by atoms with Crippen LogP contribution in [-0.2, 0) is 9.53 Å². The van der Waals surface area contributed by atoms with Crippen molar-refractivity contribution in [3.8, 4) is 0 Å². The van der Waals surface area contributed by atoms with Crippen molar-refractivity contribution in [2.24, 2.45) is 0 Å². The molecule has 1 N–H and O–H groups in total. The van der Waals surface area contributed by atoms with Gasteiger partial charge in [-0.3, -0.25) is 14.9 Å². The second-order valence-electron chi connectivity index (χ2n) is 3.88. The van der Waals surface area contributed by atoms with Crippen molar-refractivity contribution in [2.45, 2.75) is 19.8 Å². The molecule has 110 valence electrons. The molecule has 0 fully saturated rings. The molecule has 0 aliphatic heterocycles. The lowest BCUT2D eigenvalue weighted by Crippen LogP contribution is -2.08. The molecule has 0 radical (unpaired) electrons. The molecule has 0 spiro atoms. The number of non-ortho nitro benzene ring substituents is 1.